The Bertz CT molecular complexity index is 739. The quantitative estimate of drug-likeness (QED) is 0.828. The zero-order valence-corrected chi connectivity index (χ0v) is 15.5. The standard InChI is InChI=1S/C21H26FN3O2/c22-18-5-7-19(8-6-18)24-10-12-25(13-11-24)21(26)17-3-1-9-23(15-17)16-20-4-2-14-27-20/h2,4-8,14,17H,1,3,9-13,15-16H2/t17-/m1/s1. The lowest BCUT2D eigenvalue weighted by atomic mass is 9.96. The van der Waals surface area contributed by atoms with Crippen LogP contribution in [0.5, 0.6) is 0 Å². The summed E-state index contributed by atoms with van der Waals surface area (Å²) in [5.41, 5.74) is 1.02. The highest BCUT2D eigenvalue weighted by Crippen LogP contribution is 2.23. The van der Waals surface area contributed by atoms with Crippen molar-refractivity contribution < 1.29 is 13.6 Å². The Balaban J connectivity index is 1.30. The molecule has 1 amide bonds. The fourth-order valence-corrected chi connectivity index (χ4v) is 4.12. The average molecular weight is 371 g/mol. The highest BCUT2D eigenvalue weighted by Gasteiger charge is 2.31. The molecule has 0 radical (unpaired) electrons. The maximum absolute atomic E-state index is 13.1. The number of piperazine rings is 1. The number of piperidine rings is 1. The summed E-state index contributed by atoms with van der Waals surface area (Å²) in [5.74, 6) is 1.09. The van der Waals surface area contributed by atoms with Gasteiger partial charge in [0.25, 0.3) is 0 Å². The van der Waals surface area contributed by atoms with E-state index in [1.807, 2.05) is 17.0 Å². The van der Waals surface area contributed by atoms with Gasteiger partial charge >= 0.3 is 0 Å². The van der Waals surface area contributed by atoms with Crippen molar-refractivity contribution in [3.8, 4) is 0 Å². The Morgan fingerprint density at radius 1 is 1.07 bits per heavy atom. The summed E-state index contributed by atoms with van der Waals surface area (Å²) in [5, 5.41) is 0. The normalized spacial score (nSPS) is 21.4. The molecule has 0 spiro atoms. The fourth-order valence-electron chi connectivity index (χ4n) is 4.12. The molecule has 0 N–H and O–H groups in total. The molecule has 0 bridgehead atoms. The number of amides is 1. The minimum absolute atomic E-state index is 0.0751. The van der Waals surface area contributed by atoms with Crippen molar-refractivity contribution in [3.63, 3.8) is 0 Å². The number of nitrogens with zero attached hydrogens (tertiary/aromatic N) is 3. The van der Waals surface area contributed by atoms with E-state index in [2.05, 4.69) is 9.80 Å². The number of anilines is 1. The first-order chi connectivity index (χ1) is 13.2. The average Bonchev–Trinajstić information content (AvgIpc) is 3.21. The molecule has 2 fully saturated rings. The number of halogens is 1. The van der Waals surface area contributed by atoms with Crippen LogP contribution in [-0.2, 0) is 11.3 Å². The van der Waals surface area contributed by atoms with Crippen molar-refractivity contribution in [2.75, 3.05) is 44.2 Å². The van der Waals surface area contributed by atoms with Gasteiger partial charge in [-0.15, -0.1) is 0 Å². The third kappa shape index (κ3) is 4.33. The van der Waals surface area contributed by atoms with Gasteiger partial charge in [-0.05, 0) is 55.8 Å². The molecule has 1 aromatic carbocycles. The number of likely N-dealkylation sites (tertiary alicyclic amines) is 1. The number of carbonyl (C=O) groups excluding carboxylic acids is 1. The summed E-state index contributed by atoms with van der Waals surface area (Å²) in [6.45, 7) is 5.63. The van der Waals surface area contributed by atoms with E-state index in [4.69, 9.17) is 4.42 Å². The molecule has 144 valence electrons. The van der Waals surface area contributed by atoms with E-state index >= 15 is 0 Å². The predicted molar refractivity (Wildman–Crippen MR) is 102 cm³/mol. The van der Waals surface area contributed by atoms with Crippen molar-refractivity contribution in [3.05, 3.63) is 54.2 Å². The number of hydrogen-bond donors (Lipinski definition) is 0. The molecular weight excluding hydrogens is 345 g/mol. The van der Waals surface area contributed by atoms with Crippen LogP contribution in [0.4, 0.5) is 10.1 Å². The number of benzene rings is 1. The van der Waals surface area contributed by atoms with E-state index in [0.29, 0.717) is 0 Å². The summed E-state index contributed by atoms with van der Waals surface area (Å²) < 4.78 is 18.5. The lowest BCUT2D eigenvalue weighted by molar-refractivity contribution is -0.137. The van der Waals surface area contributed by atoms with Gasteiger partial charge in [-0.3, -0.25) is 9.69 Å². The van der Waals surface area contributed by atoms with Crippen LogP contribution in [0.2, 0.25) is 0 Å². The van der Waals surface area contributed by atoms with Gasteiger partial charge in [0.2, 0.25) is 5.91 Å². The largest absolute Gasteiger partial charge is 0.468 e. The zero-order valence-electron chi connectivity index (χ0n) is 15.5. The molecule has 1 aromatic heterocycles. The van der Waals surface area contributed by atoms with Gasteiger partial charge in [-0.1, -0.05) is 0 Å². The predicted octanol–water partition coefficient (Wildman–Crippen LogP) is 2.98. The van der Waals surface area contributed by atoms with Crippen LogP contribution in [0, 0.1) is 11.7 Å². The molecule has 1 atom stereocenters. The summed E-state index contributed by atoms with van der Waals surface area (Å²) in [6.07, 6.45) is 3.71. The first kappa shape index (κ1) is 18.0. The van der Waals surface area contributed by atoms with Crippen LogP contribution in [-0.4, -0.2) is 55.0 Å². The molecule has 0 saturated carbocycles. The Morgan fingerprint density at radius 2 is 1.85 bits per heavy atom. The Labute approximate surface area is 159 Å². The minimum Gasteiger partial charge on any atom is -0.468 e. The second-order valence-electron chi connectivity index (χ2n) is 7.44. The SMILES string of the molecule is O=C([C@@H]1CCCN(Cc2ccco2)C1)N1CCN(c2ccc(F)cc2)CC1. The third-order valence-corrected chi connectivity index (χ3v) is 5.60. The smallest absolute Gasteiger partial charge is 0.227 e. The van der Waals surface area contributed by atoms with Gasteiger partial charge in [-0.25, -0.2) is 4.39 Å². The molecular formula is C21H26FN3O2. The molecule has 5 nitrogen and oxygen atoms in total. The zero-order chi connectivity index (χ0) is 18.6. The number of furan rings is 1. The molecule has 0 unspecified atom stereocenters. The van der Waals surface area contributed by atoms with E-state index in [1.54, 1.807) is 18.4 Å². The molecule has 2 saturated heterocycles. The fraction of sp³-hybridized carbons (Fsp3) is 0.476. The van der Waals surface area contributed by atoms with E-state index in [0.717, 1.165) is 70.1 Å². The molecule has 6 heteroatoms. The van der Waals surface area contributed by atoms with Gasteiger partial charge < -0.3 is 14.2 Å². The van der Waals surface area contributed by atoms with Gasteiger partial charge in [-0.2, -0.15) is 0 Å². The van der Waals surface area contributed by atoms with Crippen LogP contribution in [0.3, 0.4) is 0 Å². The van der Waals surface area contributed by atoms with Gasteiger partial charge in [0.1, 0.15) is 11.6 Å². The molecule has 3 heterocycles. The number of rotatable bonds is 4. The minimum atomic E-state index is -0.219. The van der Waals surface area contributed by atoms with Crippen molar-refractivity contribution >= 4 is 11.6 Å². The summed E-state index contributed by atoms with van der Waals surface area (Å²) >= 11 is 0. The molecule has 2 aliphatic rings. The summed E-state index contributed by atoms with van der Waals surface area (Å²) in [7, 11) is 0. The van der Waals surface area contributed by atoms with Crippen molar-refractivity contribution in [1.29, 1.82) is 0 Å². The van der Waals surface area contributed by atoms with Gasteiger partial charge in [0.15, 0.2) is 0 Å². The first-order valence-electron chi connectivity index (χ1n) is 9.73. The maximum Gasteiger partial charge on any atom is 0.227 e. The molecule has 2 aromatic rings. The lowest BCUT2D eigenvalue weighted by Gasteiger charge is -2.39. The topological polar surface area (TPSA) is 39.9 Å². The second-order valence-corrected chi connectivity index (χ2v) is 7.44. The Morgan fingerprint density at radius 3 is 2.56 bits per heavy atom. The number of carbonyl (C=O) groups is 1. The van der Waals surface area contributed by atoms with Gasteiger partial charge in [0, 0.05) is 38.4 Å². The van der Waals surface area contributed by atoms with E-state index < -0.39 is 0 Å². The van der Waals surface area contributed by atoms with E-state index in [1.165, 1.54) is 12.1 Å². The highest BCUT2D eigenvalue weighted by molar-refractivity contribution is 5.79. The van der Waals surface area contributed by atoms with Crippen LogP contribution < -0.4 is 4.90 Å². The molecule has 2 aliphatic heterocycles. The van der Waals surface area contributed by atoms with Gasteiger partial charge in [0.05, 0.1) is 18.7 Å². The highest BCUT2D eigenvalue weighted by atomic mass is 19.1. The first-order valence-corrected chi connectivity index (χ1v) is 9.73. The maximum atomic E-state index is 13.1. The molecule has 0 aliphatic carbocycles. The van der Waals surface area contributed by atoms with Crippen molar-refractivity contribution in [2.24, 2.45) is 5.92 Å². The van der Waals surface area contributed by atoms with Crippen LogP contribution in [0.1, 0.15) is 18.6 Å². The Kier molecular flexibility index (Phi) is 5.43. The molecule has 4 rings (SSSR count). The third-order valence-electron chi connectivity index (χ3n) is 5.60. The van der Waals surface area contributed by atoms with E-state index in [9.17, 15) is 9.18 Å². The molecule has 27 heavy (non-hydrogen) atoms. The van der Waals surface area contributed by atoms with Crippen molar-refractivity contribution in [1.82, 2.24) is 9.80 Å². The lowest BCUT2D eigenvalue weighted by Crippen LogP contribution is -2.52. The monoisotopic (exact) mass is 371 g/mol. The second kappa shape index (κ2) is 8.13. The van der Waals surface area contributed by atoms with E-state index in [-0.39, 0.29) is 17.6 Å². The van der Waals surface area contributed by atoms with Crippen LogP contribution >= 0.6 is 0 Å². The van der Waals surface area contributed by atoms with Crippen LogP contribution in [0.15, 0.2) is 47.1 Å². The number of hydrogen-bond acceptors (Lipinski definition) is 4. The van der Waals surface area contributed by atoms with Crippen molar-refractivity contribution in [2.45, 2.75) is 19.4 Å². The summed E-state index contributed by atoms with van der Waals surface area (Å²) in [4.78, 5) is 19.5. The Hall–Kier alpha value is -2.34. The van der Waals surface area contributed by atoms with Crippen LogP contribution in [0.25, 0.3) is 0 Å². The summed E-state index contributed by atoms with van der Waals surface area (Å²) in [6, 6.07) is 10.5.